The Bertz CT molecular complexity index is 1820. The van der Waals surface area contributed by atoms with Gasteiger partial charge in [0, 0.05) is 54.2 Å². The molecule has 15 heteroatoms. The summed E-state index contributed by atoms with van der Waals surface area (Å²) in [4.78, 5) is 49.7. The molecule has 15 nitrogen and oxygen atoms in total. The number of aliphatic carboxylic acids is 4. The van der Waals surface area contributed by atoms with Crippen LogP contribution in [0.3, 0.4) is 0 Å². The number of hydrogen-bond acceptors (Lipinski definition) is 10. The second-order valence-electron chi connectivity index (χ2n) is 12.0. The van der Waals surface area contributed by atoms with E-state index in [1.807, 2.05) is 42.5 Å². The second kappa shape index (κ2) is 18.8. The Morgan fingerprint density at radius 3 is 1.83 bits per heavy atom. The van der Waals surface area contributed by atoms with E-state index in [4.69, 9.17) is 30.9 Å². The van der Waals surface area contributed by atoms with Gasteiger partial charge in [-0.05, 0) is 74.9 Å². The van der Waals surface area contributed by atoms with Crippen molar-refractivity contribution in [2.75, 3.05) is 18.9 Å². The van der Waals surface area contributed by atoms with Crippen molar-refractivity contribution in [2.45, 2.75) is 56.7 Å². The lowest BCUT2D eigenvalue weighted by atomic mass is 9.89. The second-order valence-corrected chi connectivity index (χ2v) is 12.0. The number of rotatable bonds is 10. The summed E-state index contributed by atoms with van der Waals surface area (Å²) in [6.07, 6.45) is 12.8. The van der Waals surface area contributed by atoms with Crippen LogP contribution in [0.4, 0.5) is 5.82 Å². The summed E-state index contributed by atoms with van der Waals surface area (Å²) < 4.78 is 8.29. The number of carbonyl (C=O) groups is 4. The van der Waals surface area contributed by atoms with E-state index >= 15 is 0 Å². The van der Waals surface area contributed by atoms with Gasteiger partial charge in [0.2, 0.25) is 0 Å². The number of nitrogens with zero attached hydrogens (tertiary/aromatic N) is 4. The molecule has 0 amide bonds. The Morgan fingerprint density at radius 2 is 1.29 bits per heavy atom. The van der Waals surface area contributed by atoms with Gasteiger partial charge in [-0.3, -0.25) is 4.90 Å². The Balaban J connectivity index is 0.000000317. The monoisotopic (exact) mass is 715 g/mol. The van der Waals surface area contributed by atoms with E-state index in [1.54, 1.807) is 6.33 Å². The molecular weight excluding hydrogens is 674 g/mol. The fourth-order valence-corrected chi connectivity index (χ4v) is 6.42. The maximum atomic E-state index is 9.76. The van der Waals surface area contributed by atoms with Crippen LogP contribution in [-0.4, -0.2) is 94.1 Å². The molecule has 0 bridgehead atoms. The number of carboxylic acids is 4. The molecule has 4 aromatic rings. The number of para-hydroxylation sites is 1. The minimum Gasteiger partial charge on any atom is -0.478 e. The molecule has 1 saturated carbocycles. The number of nitrogens with two attached hydrogens (primary N) is 1. The smallest absolute Gasteiger partial charge is 0.328 e. The molecule has 0 unspecified atom stereocenters. The third-order valence-corrected chi connectivity index (χ3v) is 8.68. The Hall–Kier alpha value is -6.06. The largest absolute Gasteiger partial charge is 0.478 e. The molecular formula is C37H41N5O10. The highest BCUT2D eigenvalue weighted by atomic mass is 16.5. The number of aromatic nitrogens is 3. The van der Waals surface area contributed by atoms with Gasteiger partial charge in [-0.15, -0.1) is 0 Å². The summed E-state index contributed by atoms with van der Waals surface area (Å²) in [5, 5.41) is 41.9. The molecule has 2 aromatic heterocycles. The van der Waals surface area contributed by atoms with Crippen molar-refractivity contribution < 1.29 is 49.4 Å². The summed E-state index contributed by atoms with van der Waals surface area (Å²) in [6.45, 7) is 1.39. The molecule has 52 heavy (non-hydrogen) atoms. The average Bonchev–Trinajstić information content (AvgIpc) is 3.78. The minimum absolute atomic E-state index is 0.275. The van der Waals surface area contributed by atoms with Crippen molar-refractivity contribution in [1.29, 1.82) is 0 Å². The van der Waals surface area contributed by atoms with E-state index in [2.05, 4.69) is 37.8 Å². The molecule has 2 fully saturated rings. The summed E-state index contributed by atoms with van der Waals surface area (Å²) >= 11 is 0. The number of likely N-dealkylation sites (tertiary alicyclic amines) is 1. The summed E-state index contributed by atoms with van der Waals surface area (Å²) in [5.74, 6) is -2.91. The quantitative estimate of drug-likeness (QED) is 0.121. The number of nitrogen functional groups attached to an aromatic ring is 1. The van der Waals surface area contributed by atoms with Crippen LogP contribution in [0, 0.1) is 0 Å². The first kappa shape index (κ1) is 38.7. The van der Waals surface area contributed by atoms with Gasteiger partial charge in [-0.2, -0.15) is 0 Å². The fourth-order valence-electron chi connectivity index (χ4n) is 6.42. The molecule has 274 valence electrons. The molecule has 0 radical (unpaired) electrons. The Morgan fingerprint density at radius 1 is 0.750 bits per heavy atom. The number of carboxylic acid groups (broad SMARTS) is 4. The van der Waals surface area contributed by atoms with Crippen molar-refractivity contribution in [3.05, 3.63) is 91.4 Å². The lowest BCUT2D eigenvalue weighted by Gasteiger charge is -2.38. The highest BCUT2D eigenvalue weighted by molar-refractivity contribution is 6.00. The average molecular weight is 716 g/mol. The van der Waals surface area contributed by atoms with E-state index in [9.17, 15) is 24.3 Å². The zero-order valence-corrected chi connectivity index (χ0v) is 28.2. The van der Waals surface area contributed by atoms with Crippen LogP contribution in [-0.2, 0) is 19.2 Å². The first-order valence-electron chi connectivity index (χ1n) is 16.6. The van der Waals surface area contributed by atoms with Crippen LogP contribution in [0.15, 0.2) is 91.4 Å². The summed E-state index contributed by atoms with van der Waals surface area (Å²) in [7, 11) is 0. The minimum atomic E-state index is -1.26. The van der Waals surface area contributed by atoms with Crippen molar-refractivity contribution >= 4 is 40.7 Å². The van der Waals surface area contributed by atoms with Gasteiger partial charge in [0.15, 0.2) is 0 Å². The van der Waals surface area contributed by atoms with Crippen LogP contribution in [0.1, 0.15) is 44.6 Å². The van der Waals surface area contributed by atoms with Crippen LogP contribution < -0.4 is 10.5 Å². The highest BCUT2D eigenvalue weighted by Gasteiger charge is 2.34. The highest BCUT2D eigenvalue weighted by Crippen LogP contribution is 2.40. The Labute approximate surface area is 298 Å². The summed E-state index contributed by atoms with van der Waals surface area (Å²) in [6, 6.07) is 19.2. The van der Waals surface area contributed by atoms with E-state index in [0.717, 1.165) is 72.3 Å². The lowest BCUT2D eigenvalue weighted by Crippen LogP contribution is -2.42. The van der Waals surface area contributed by atoms with E-state index in [0.29, 0.717) is 48.2 Å². The van der Waals surface area contributed by atoms with Gasteiger partial charge in [-0.1, -0.05) is 30.3 Å². The molecule has 2 aliphatic rings. The van der Waals surface area contributed by atoms with E-state index in [1.165, 1.54) is 6.42 Å². The zero-order chi connectivity index (χ0) is 37.6. The maximum Gasteiger partial charge on any atom is 0.328 e. The van der Waals surface area contributed by atoms with Crippen LogP contribution >= 0.6 is 0 Å². The van der Waals surface area contributed by atoms with Gasteiger partial charge >= 0.3 is 23.9 Å². The molecule has 1 atom stereocenters. The first-order valence-corrected chi connectivity index (χ1v) is 16.6. The normalized spacial score (nSPS) is 18.7. The number of hydrogen-bond donors (Lipinski definition) is 6. The number of benzene rings is 2. The standard InChI is InChI=1S/C29H33N5O2.2C4H4O4/c30-28-27-26(20-8-14-25(15-9-20)36-24-6-2-1-3-7-24)17-34(29(27)32-19-31-28)22-12-10-21(11-13-22)33-16-4-5-23(33)18-35;2*5-3(6)1-2-4(7)8/h1-3,6-9,14-15,17,19,21-23,35H,4-5,10-13,16,18H2,(H2,30,31,32);2*1-2H,(H,5,6)(H,7,8)/b;2*2-1-/t21?,22?,23-;;/m1../s1. The number of anilines is 1. The number of aliphatic hydroxyl groups is 1. The van der Waals surface area contributed by atoms with E-state index in [-0.39, 0.29) is 6.61 Å². The SMILES string of the molecule is Nc1ncnc2c1c(-c1ccc(Oc3ccccc3)cc1)cn2C1CCC(N2CCC[C@@H]2CO)CC1.O=C(O)/C=C\C(=O)O.O=C(O)/C=C\C(=O)O. The van der Waals surface area contributed by atoms with Crippen molar-refractivity contribution in [3.8, 4) is 22.6 Å². The molecule has 1 aliphatic carbocycles. The number of aliphatic hydroxyl groups excluding tert-OH is 1. The first-order chi connectivity index (χ1) is 25.0. The fraction of sp³-hybridized carbons (Fsp3) is 0.297. The topological polar surface area (TPSA) is 239 Å². The van der Waals surface area contributed by atoms with Crippen LogP contribution in [0.5, 0.6) is 11.5 Å². The molecule has 6 rings (SSSR count). The van der Waals surface area contributed by atoms with Crippen molar-refractivity contribution in [3.63, 3.8) is 0 Å². The number of fused-ring (bicyclic) bond motifs is 1. The van der Waals surface area contributed by atoms with Crippen LogP contribution in [0.25, 0.3) is 22.2 Å². The Kier molecular flexibility index (Phi) is 14.0. The van der Waals surface area contributed by atoms with E-state index < -0.39 is 23.9 Å². The van der Waals surface area contributed by atoms with Gasteiger partial charge in [0.05, 0.1) is 12.0 Å². The van der Waals surface area contributed by atoms with Crippen molar-refractivity contribution in [1.82, 2.24) is 19.4 Å². The maximum absolute atomic E-state index is 9.76. The number of ether oxygens (including phenoxy) is 1. The summed E-state index contributed by atoms with van der Waals surface area (Å²) in [5.41, 5.74) is 9.41. The van der Waals surface area contributed by atoms with Gasteiger partial charge in [0.25, 0.3) is 0 Å². The predicted molar refractivity (Wildman–Crippen MR) is 191 cm³/mol. The molecule has 1 saturated heterocycles. The van der Waals surface area contributed by atoms with Gasteiger partial charge in [-0.25, -0.2) is 29.1 Å². The predicted octanol–water partition coefficient (Wildman–Crippen LogP) is 4.84. The lowest BCUT2D eigenvalue weighted by molar-refractivity contribution is -0.134. The molecule has 2 aromatic carbocycles. The van der Waals surface area contributed by atoms with Crippen molar-refractivity contribution in [2.24, 2.45) is 0 Å². The third-order valence-electron chi connectivity index (χ3n) is 8.68. The molecule has 7 N–H and O–H groups in total. The molecule has 0 spiro atoms. The van der Waals surface area contributed by atoms with Gasteiger partial charge in [0.1, 0.15) is 29.3 Å². The third kappa shape index (κ3) is 11.0. The zero-order valence-electron chi connectivity index (χ0n) is 28.2. The molecule has 3 heterocycles. The van der Waals surface area contributed by atoms with Crippen LogP contribution in [0.2, 0.25) is 0 Å². The molecule has 1 aliphatic heterocycles. The van der Waals surface area contributed by atoms with Gasteiger partial charge < -0.3 is 40.6 Å².